The van der Waals surface area contributed by atoms with E-state index in [9.17, 15) is 13.2 Å². The molecule has 2 aromatic carbocycles. The zero-order chi connectivity index (χ0) is 19.2. The third-order valence-corrected chi connectivity index (χ3v) is 4.45. The molecule has 3 N–H and O–H groups in total. The van der Waals surface area contributed by atoms with Crippen molar-refractivity contribution in [3.05, 3.63) is 53.6 Å². The first-order valence-corrected chi connectivity index (χ1v) is 9.67. The minimum Gasteiger partial charge on any atom is -0.494 e. The quantitative estimate of drug-likeness (QED) is 0.734. The minimum atomic E-state index is -3.77. The summed E-state index contributed by atoms with van der Waals surface area (Å²) in [5.74, 6) is 0.351. The highest BCUT2D eigenvalue weighted by Crippen LogP contribution is 2.22. The highest BCUT2D eigenvalue weighted by Gasteiger charge is 2.12. The van der Waals surface area contributed by atoms with E-state index < -0.39 is 10.0 Å². The van der Waals surface area contributed by atoms with Crippen molar-refractivity contribution < 1.29 is 22.7 Å². The van der Waals surface area contributed by atoms with Crippen LogP contribution in [0.4, 0.5) is 5.69 Å². The molecule has 2 rings (SSSR count). The third-order valence-electron chi connectivity index (χ3n) is 3.52. The summed E-state index contributed by atoms with van der Waals surface area (Å²) in [4.78, 5) is 12.4. The Morgan fingerprint density at radius 1 is 1.08 bits per heavy atom. The number of amides is 1. The van der Waals surface area contributed by atoms with Gasteiger partial charge in [0.05, 0.1) is 18.1 Å². The fourth-order valence-corrected chi connectivity index (χ4v) is 2.79. The van der Waals surface area contributed by atoms with E-state index in [0.717, 1.165) is 5.56 Å². The van der Waals surface area contributed by atoms with E-state index in [1.165, 1.54) is 24.3 Å². The Bertz CT molecular complexity index is 864. The van der Waals surface area contributed by atoms with Crippen LogP contribution in [0.15, 0.2) is 47.4 Å². The van der Waals surface area contributed by atoms with Crippen molar-refractivity contribution >= 4 is 21.6 Å². The second kappa shape index (κ2) is 8.79. The number of carbonyl (C=O) groups excluding carboxylic acids is 1. The first kappa shape index (κ1) is 19.9. The highest BCUT2D eigenvalue weighted by molar-refractivity contribution is 7.89. The van der Waals surface area contributed by atoms with Crippen LogP contribution < -0.4 is 15.2 Å². The maximum absolute atomic E-state index is 12.5. The molecule has 1 amide bonds. The number of hydrogen-bond donors (Lipinski definition) is 2. The number of nitrogens with two attached hydrogens (primary N) is 1. The Morgan fingerprint density at radius 3 is 2.35 bits per heavy atom. The topological polar surface area (TPSA) is 108 Å². The van der Waals surface area contributed by atoms with Gasteiger partial charge in [0.1, 0.15) is 5.75 Å². The molecule has 0 aliphatic carbocycles. The van der Waals surface area contributed by atoms with Gasteiger partial charge in [-0.2, -0.15) is 0 Å². The first-order valence-electron chi connectivity index (χ1n) is 8.12. The molecule has 7 nitrogen and oxygen atoms in total. The van der Waals surface area contributed by atoms with Gasteiger partial charge in [0.2, 0.25) is 10.0 Å². The summed E-state index contributed by atoms with van der Waals surface area (Å²) in [6, 6.07) is 10.7. The number of primary sulfonamides is 1. The smallest absolute Gasteiger partial charge is 0.255 e. The number of nitrogens with one attached hydrogen (secondary N) is 1. The summed E-state index contributed by atoms with van der Waals surface area (Å²) < 4.78 is 33.5. The molecule has 0 aromatic heterocycles. The highest BCUT2D eigenvalue weighted by atomic mass is 32.2. The summed E-state index contributed by atoms with van der Waals surface area (Å²) in [5, 5.41) is 7.77. The van der Waals surface area contributed by atoms with Gasteiger partial charge >= 0.3 is 0 Å². The number of carbonyl (C=O) groups is 1. The molecule has 0 radical (unpaired) electrons. The monoisotopic (exact) mass is 378 g/mol. The second-order valence-electron chi connectivity index (χ2n) is 5.42. The van der Waals surface area contributed by atoms with Gasteiger partial charge in [0.15, 0.2) is 0 Å². The number of anilines is 1. The number of ether oxygens (including phenoxy) is 2. The van der Waals surface area contributed by atoms with Crippen LogP contribution in [-0.4, -0.2) is 27.5 Å². The molecule has 0 aliphatic rings. The van der Waals surface area contributed by atoms with Crippen molar-refractivity contribution in [2.45, 2.75) is 25.3 Å². The largest absolute Gasteiger partial charge is 0.494 e. The van der Waals surface area contributed by atoms with Crippen molar-refractivity contribution in [2.75, 3.05) is 18.5 Å². The molecule has 0 unspecified atom stereocenters. The zero-order valence-electron chi connectivity index (χ0n) is 14.7. The molecule has 0 saturated carbocycles. The van der Waals surface area contributed by atoms with Crippen LogP contribution in [0, 0.1) is 0 Å². The van der Waals surface area contributed by atoms with Crippen LogP contribution >= 0.6 is 0 Å². The predicted molar refractivity (Wildman–Crippen MR) is 98.7 cm³/mol. The van der Waals surface area contributed by atoms with Crippen molar-refractivity contribution in [1.82, 2.24) is 0 Å². The lowest BCUT2D eigenvalue weighted by Gasteiger charge is -2.12. The van der Waals surface area contributed by atoms with Gasteiger partial charge in [-0.05, 0) is 56.3 Å². The Hall–Kier alpha value is -2.42. The third kappa shape index (κ3) is 5.29. The van der Waals surface area contributed by atoms with E-state index >= 15 is 0 Å². The molecular formula is C18H22N2O5S. The second-order valence-corrected chi connectivity index (χ2v) is 6.98. The zero-order valence-corrected chi connectivity index (χ0v) is 15.5. The van der Waals surface area contributed by atoms with E-state index in [0.29, 0.717) is 36.8 Å². The van der Waals surface area contributed by atoms with E-state index in [2.05, 4.69) is 5.32 Å². The molecule has 26 heavy (non-hydrogen) atoms. The molecule has 0 saturated heterocycles. The molecule has 0 bridgehead atoms. The SMILES string of the molecule is CCOCc1cc(C(=O)Nc2ccc(S(N)(=O)=O)cc2)ccc1OCC. The number of hydrogen-bond acceptors (Lipinski definition) is 5. The van der Waals surface area contributed by atoms with Gasteiger partial charge in [-0.1, -0.05) is 0 Å². The van der Waals surface area contributed by atoms with Gasteiger partial charge in [0.25, 0.3) is 5.91 Å². The Morgan fingerprint density at radius 2 is 1.77 bits per heavy atom. The molecule has 8 heteroatoms. The molecule has 140 valence electrons. The minimum absolute atomic E-state index is 0.0180. The van der Waals surface area contributed by atoms with E-state index in [1.807, 2.05) is 13.8 Å². The average molecular weight is 378 g/mol. The van der Waals surface area contributed by atoms with Crippen molar-refractivity contribution in [3.8, 4) is 5.75 Å². The average Bonchev–Trinajstić information content (AvgIpc) is 2.60. The fraction of sp³-hybridized carbons (Fsp3) is 0.278. The summed E-state index contributed by atoms with van der Waals surface area (Å²) in [6.45, 7) is 5.19. The van der Waals surface area contributed by atoms with Gasteiger partial charge < -0.3 is 14.8 Å². The van der Waals surface area contributed by atoms with Crippen molar-refractivity contribution in [1.29, 1.82) is 0 Å². The van der Waals surface area contributed by atoms with Crippen LogP contribution in [0.3, 0.4) is 0 Å². The summed E-state index contributed by atoms with van der Waals surface area (Å²) in [5.41, 5.74) is 1.69. The molecular weight excluding hydrogens is 356 g/mol. The number of sulfonamides is 1. The van der Waals surface area contributed by atoms with Crippen LogP contribution in [0.2, 0.25) is 0 Å². The lowest BCUT2D eigenvalue weighted by atomic mass is 10.1. The van der Waals surface area contributed by atoms with E-state index in [-0.39, 0.29) is 10.8 Å². The molecule has 0 aliphatic heterocycles. The normalized spacial score (nSPS) is 11.2. The van der Waals surface area contributed by atoms with Crippen LogP contribution in [0.25, 0.3) is 0 Å². The summed E-state index contributed by atoms with van der Waals surface area (Å²) >= 11 is 0. The van der Waals surface area contributed by atoms with E-state index in [4.69, 9.17) is 14.6 Å². The standard InChI is InChI=1S/C18H22N2O5S/c1-3-24-12-14-11-13(5-10-17(14)25-4-2)18(21)20-15-6-8-16(9-7-15)26(19,22)23/h5-11H,3-4,12H2,1-2H3,(H,20,21)(H2,19,22,23). The lowest BCUT2D eigenvalue weighted by Crippen LogP contribution is -2.14. The number of benzene rings is 2. The Balaban J connectivity index is 2.18. The van der Waals surface area contributed by atoms with Gasteiger partial charge in [-0.25, -0.2) is 13.6 Å². The molecule has 0 heterocycles. The fourth-order valence-electron chi connectivity index (χ4n) is 2.27. The van der Waals surface area contributed by atoms with Crippen LogP contribution in [0.1, 0.15) is 29.8 Å². The van der Waals surface area contributed by atoms with Gasteiger partial charge in [-0.15, -0.1) is 0 Å². The molecule has 2 aromatic rings. The van der Waals surface area contributed by atoms with Crippen molar-refractivity contribution in [2.24, 2.45) is 5.14 Å². The summed E-state index contributed by atoms with van der Waals surface area (Å²) in [7, 11) is -3.77. The van der Waals surface area contributed by atoms with Crippen LogP contribution in [0.5, 0.6) is 5.75 Å². The number of rotatable bonds is 8. The van der Waals surface area contributed by atoms with Gasteiger partial charge in [0, 0.05) is 23.4 Å². The predicted octanol–water partition coefficient (Wildman–Crippen LogP) is 2.52. The van der Waals surface area contributed by atoms with E-state index in [1.54, 1.807) is 18.2 Å². The molecule has 0 atom stereocenters. The first-order chi connectivity index (χ1) is 12.3. The van der Waals surface area contributed by atoms with Gasteiger partial charge in [-0.3, -0.25) is 4.79 Å². The lowest BCUT2D eigenvalue weighted by molar-refractivity contribution is 0.102. The maximum Gasteiger partial charge on any atom is 0.255 e. The Kier molecular flexibility index (Phi) is 6.73. The Labute approximate surface area is 153 Å². The van der Waals surface area contributed by atoms with Crippen LogP contribution in [-0.2, 0) is 21.4 Å². The summed E-state index contributed by atoms with van der Waals surface area (Å²) in [6.07, 6.45) is 0. The molecule has 0 fully saturated rings. The van der Waals surface area contributed by atoms with Crippen molar-refractivity contribution in [3.63, 3.8) is 0 Å². The molecule has 0 spiro atoms. The maximum atomic E-state index is 12.5.